The van der Waals surface area contributed by atoms with E-state index in [1.165, 1.54) is 51.7 Å². The Morgan fingerprint density at radius 2 is 0.698 bits per heavy atom. The van der Waals surface area contributed by atoms with Crippen molar-refractivity contribution in [2.24, 2.45) is 0 Å². The first kappa shape index (κ1) is 52.8. The summed E-state index contributed by atoms with van der Waals surface area (Å²) in [5.74, 6) is -76.1. The Balaban J connectivity index is 1.88. The molecule has 356 valence electrons. The summed E-state index contributed by atoms with van der Waals surface area (Å²) in [7, 11) is 0. The normalized spacial score (nSPS) is 17.4. The number of aryl methyl sites for hydroxylation is 4. The third-order valence-electron chi connectivity index (χ3n) is 9.19. The average Bonchev–Trinajstić information content (AvgIpc) is 3.56. The van der Waals surface area contributed by atoms with Crippen molar-refractivity contribution >= 4 is 29.7 Å². The molecular formula is C35H24F26N2. The number of allylic oxidation sites excluding steroid dienone is 2. The smallest absolute Gasteiger partial charge is 0.387 e. The highest BCUT2D eigenvalue weighted by atomic mass is 19.4. The van der Waals surface area contributed by atoms with Crippen molar-refractivity contribution in [3.05, 3.63) is 83.0 Å². The summed E-state index contributed by atoms with van der Waals surface area (Å²) < 4.78 is 352. The number of quaternary nitrogens is 1. The van der Waals surface area contributed by atoms with Gasteiger partial charge in [0.15, 0.2) is 0 Å². The second-order valence-corrected chi connectivity index (χ2v) is 13.8. The fourth-order valence-electron chi connectivity index (χ4n) is 5.90. The number of nitrogens with one attached hydrogen (secondary N) is 1. The van der Waals surface area contributed by atoms with Crippen molar-refractivity contribution in [2.45, 2.75) is 99.3 Å². The number of rotatable bonds is 14. The fourth-order valence-corrected chi connectivity index (χ4v) is 5.90. The van der Waals surface area contributed by atoms with Gasteiger partial charge in [0.05, 0.1) is 0 Å². The minimum Gasteiger partial charge on any atom is -0.387 e. The minimum absolute atomic E-state index is 0.0330. The summed E-state index contributed by atoms with van der Waals surface area (Å²) in [6.07, 6.45) is -16.3. The highest BCUT2D eigenvalue weighted by Gasteiger charge is 2.91. The number of benzene rings is 2. The molecule has 0 aromatic heterocycles. The summed E-state index contributed by atoms with van der Waals surface area (Å²) in [4.78, 5) is 0.211. The molecule has 3 rings (SSSR count). The fraction of sp³-hybridized carbons (Fsp3) is 0.457. The van der Waals surface area contributed by atoms with Gasteiger partial charge in [0.1, 0.15) is 11.4 Å². The third kappa shape index (κ3) is 8.24. The molecule has 63 heavy (non-hydrogen) atoms. The van der Waals surface area contributed by atoms with E-state index in [4.69, 9.17) is 0 Å². The van der Waals surface area contributed by atoms with E-state index < -0.39 is 94.9 Å². The van der Waals surface area contributed by atoms with Crippen molar-refractivity contribution in [3.8, 4) is 0 Å². The first-order valence-corrected chi connectivity index (χ1v) is 16.4. The monoisotopic (exact) mass is 966 g/mol. The molecular weight excluding hydrogens is 942 g/mol. The minimum atomic E-state index is -8.09. The molecule has 1 aliphatic heterocycles. The molecule has 0 bridgehead atoms. The molecule has 0 radical (unpaired) electrons. The topological polar surface area (TPSA) is 7.45 Å². The van der Waals surface area contributed by atoms with Crippen LogP contribution >= 0.6 is 0 Å². The van der Waals surface area contributed by atoms with E-state index in [-0.39, 0.29) is 50.7 Å². The van der Waals surface area contributed by atoms with Gasteiger partial charge in [-0.3, -0.25) is 0 Å². The molecule has 1 N–H and O–H groups in total. The molecule has 1 heterocycles. The quantitative estimate of drug-likeness (QED) is 0.110. The Labute approximate surface area is 336 Å². The van der Waals surface area contributed by atoms with Crippen LogP contribution in [-0.2, 0) is 0 Å². The van der Waals surface area contributed by atoms with Crippen LogP contribution in [0.2, 0.25) is 0 Å². The predicted octanol–water partition coefficient (Wildman–Crippen LogP) is 12.7. The van der Waals surface area contributed by atoms with Crippen molar-refractivity contribution in [2.75, 3.05) is 0 Å². The highest BCUT2D eigenvalue weighted by molar-refractivity contribution is 5.68. The van der Waals surface area contributed by atoms with Crippen LogP contribution in [0.4, 0.5) is 126 Å². The van der Waals surface area contributed by atoms with Crippen LogP contribution < -0.4 is 4.90 Å². The maximum absolute atomic E-state index is 14.3. The van der Waals surface area contributed by atoms with E-state index >= 15 is 0 Å². The predicted molar refractivity (Wildman–Crippen MR) is 167 cm³/mol. The maximum atomic E-state index is 14.3. The van der Waals surface area contributed by atoms with Gasteiger partial charge in [-0.2, -0.15) is 121 Å². The van der Waals surface area contributed by atoms with Gasteiger partial charge in [-0.05, 0) is 80.4 Å². The summed E-state index contributed by atoms with van der Waals surface area (Å²) in [6.45, 7) is 7.59. The molecule has 0 aliphatic carbocycles. The molecule has 2 aromatic carbocycles. The Morgan fingerprint density at radius 1 is 0.413 bits per heavy atom. The van der Waals surface area contributed by atoms with Gasteiger partial charge < -0.3 is 9.48 Å². The Bertz CT molecular complexity index is 2090. The molecule has 1 unspecified atom stereocenters. The standard InChI is InChI=1S/C35H24F26N2/c1-16-11-20(5-7-24(36,37)26(40,41)28(44,45)30(48,49)32(52,53)34(56,57)58)12-17(2)22(16)62-9-10-63(15-62)23-18(3)13-21(14-19(23)4)6-8-25(38,39)27(42,43)29(46,47)31(50,51)33(54,55)35(59,60)61/h5-15,62H,1-4H3. The lowest BCUT2D eigenvalue weighted by Crippen LogP contribution is -3.01. The number of alkyl halides is 26. The van der Waals surface area contributed by atoms with Crippen molar-refractivity contribution in [1.82, 2.24) is 0 Å². The molecule has 28 heteroatoms. The van der Waals surface area contributed by atoms with Crippen molar-refractivity contribution < 1.29 is 124 Å². The largest absolute Gasteiger partial charge is 0.460 e. The van der Waals surface area contributed by atoms with Crippen molar-refractivity contribution in [1.29, 1.82) is 0 Å². The lowest BCUT2D eigenvalue weighted by molar-refractivity contribution is -0.813. The third-order valence-corrected chi connectivity index (χ3v) is 9.19. The van der Waals surface area contributed by atoms with Gasteiger partial charge in [0.25, 0.3) is 0 Å². The van der Waals surface area contributed by atoms with Gasteiger partial charge in [0.2, 0.25) is 6.67 Å². The molecule has 2 aromatic rings. The Kier molecular flexibility index (Phi) is 13.1. The zero-order valence-electron chi connectivity index (χ0n) is 31.1. The molecule has 0 saturated heterocycles. The SMILES string of the molecule is Cc1cc(C=CC(F)(F)C(F)(F)C(F)(F)C(F)(F)C(F)(F)C(F)(F)F)cc(C)c1[N+]1=C[CH-][NH+](c2c(C)cc(C=CC(F)(F)C(F)(F)C(F)(F)C(F)(F)C(F)(F)C(F)(F)F)cc2C)[CH-]1. The number of nitrogens with zero attached hydrogens (tertiary/aromatic N) is 1. The van der Waals surface area contributed by atoms with E-state index in [1.807, 2.05) is 0 Å². The van der Waals surface area contributed by atoms with Crippen LogP contribution in [0.1, 0.15) is 33.4 Å². The lowest BCUT2D eigenvalue weighted by Gasteiger charge is -2.39. The molecule has 0 spiro atoms. The molecule has 1 atom stereocenters. The Morgan fingerprint density at radius 3 is 1.00 bits per heavy atom. The first-order chi connectivity index (χ1) is 27.7. The van der Waals surface area contributed by atoms with Crippen LogP contribution in [0.25, 0.3) is 12.2 Å². The van der Waals surface area contributed by atoms with Gasteiger partial charge >= 0.3 is 71.6 Å². The maximum Gasteiger partial charge on any atom is 0.460 e. The zero-order valence-corrected chi connectivity index (χ0v) is 31.1. The molecule has 2 nitrogen and oxygen atoms in total. The summed E-state index contributed by atoms with van der Waals surface area (Å²) >= 11 is 0. The van der Waals surface area contributed by atoms with Gasteiger partial charge in [-0.15, -0.1) is 0 Å². The average molecular weight is 967 g/mol. The summed E-state index contributed by atoms with van der Waals surface area (Å²) in [5, 5.41) is 0. The van der Waals surface area contributed by atoms with E-state index in [0.29, 0.717) is 0 Å². The van der Waals surface area contributed by atoms with Crippen LogP contribution in [0.3, 0.4) is 0 Å². The highest BCUT2D eigenvalue weighted by Crippen LogP contribution is 2.62. The van der Waals surface area contributed by atoms with E-state index in [1.54, 1.807) is 0 Å². The lowest BCUT2D eigenvalue weighted by atomic mass is 9.93. The molecule has 0 fully saturated rings. The molecule has 0 amide bonds. The van der Waals surface area contributed by atoms with Crippen molar-refractivity contribution in [3.63, 3.8) is 0 Å². The van der Waals surface area contributed by atoms with Gasteiger partial charge in [0, 0.05) is 11.1 Å². The molecule has 0 saturated carbocycles. The van der Waals surface area contributed by atoms with E-state index in [0.717, 1.165) is 24.3 Å². The van der Waals surface area contributed by atoms with Crippen LogP contribution in [0.5, 0.6) is 0 Å². The second-order valence-electron chi connectivity index (χ2n) is 13.8. The van der Waals surface area contributed by atoms with Crippen LogP contribution in [0.15, 0.2) is 36.4 Å². The second kappa shape index (κ2) is 15.6. The van der Waals surface area contributed by atoms with Gasteiger partial charge in [-0.25, -0.2) is 0 Å². The Hall–Kier alpha value is -4.53. The van der Waals surface area contributed by atoms with E-state index in [2.05, 4.69) is 0 Å². The van der Waals surface area contributed by atoms with Crippen LogP contribution in [-0.4, -0.2) is 82.4 Å². The first-order valence-electron chi connectivity index (χ1n) is 16.4. The van der Waals surface area contributed by atoms with Gasteiger partial charge in [-0.1, -0.05) is 24.3 Å². The van der Waals surface area contributed by atoms with E-state index in [9.17, 15) is 114 Å². The zero-order chi connectivity index (χ0) is 49.6. The molecule has 1 aliphatic rings. The van der Waals surface area contributed by atoms with Crippen LogP contribution in [0, 0.1) is 40.9 Å². The number of hydrogen-bond acceptors (Lipinski definition) is 0. The number of hydrogen-bond donors (Lipinski definition) is 1. The number of halogens is 26. The summed E-state index contributed by atoms with van der Waals surface area (Å²) in [6, 6.07) is 3.61. The summed E-state index contributed by atoms with van der Waals surface area (Å²) in [5.41, 5.74) is -0.599.